The molecule has 90 valence electrons. The van der Waals surface area contributed by atoms with E-state index >= 15 is 0 Å². The summed E-state index contributed by atoms with van der Waals surface area (Å²) in [5.41, 5.74) is 7.14. The lowest BCUT2D eigenvalue weighted by Crippen LogP contribution is -2.18. The number of benzene rings is 1. The van der Waals surface area contributed by atoms with Crippen LogP contribution in [-0.2, 0) is 0 Å². The van der Waals surface area contributed by atoms with Crippen molar-refractivity contribution in [2.24, 2.45) is 5.73 Å². The molecule has 0 spiro atoms. The predicted molar refractivity (Wildman–Crippen MR) is 68.7 cm³/mol. The van der Waals surface area contributed by atoms with Gasteiger partial charge in [-0.25, -0.2) is 4.98 Å². The van der Waals surface area contributed by atoms with E-state index < -0.39 is 0 Å². The van der Waals surface area contributed by atoms with Crippen LogP contribution in [0.1, 0.15) is 19.8 Å². The standard InChI is InChI=1S/C12H17N5/c1-9(5-4-8-13)14-12-15-10-6-2-3-7-11(10)16-17-12/h2-3,6-7,9H,4-5,8,13H2,1H3,(H,14,15,17). The highest BCUT2D eigenvalue weighted by molar-refractivity contribution is 5.74. The van der Waals surface area contributed by atoms with Crippen molar-refractivity contribution in [3.63, 3.8) is 0 Å². The number of anilines is 1. The number of hydrogen-bond donors (Lipinski definition) is 2. The third kappa shape index (κ3) is 3.10. The number of nitrogens with zero attached hydrogens (tertiary/aromatic N) is 3. The van der Waals surface area contributed by atoms with Crippen LogP contribution in [0.15, 0.2) is 24.3 Å². The van der Waals surface area contributed by atoms with Gasteiger partial charge in [0.1, 0.15) is 5.52 Å². The van der Waals surface area contributed by atoms with E-state index in [2.05, 4.69) is 27.4 Å². The van der Waals surface area contributed by atoms with Gasteiger partial charge in [-0.15, -0.1) is 10.2 Å². The van der Waals surface area contributed by atoms with E-state index in [4.69, 9.17) is 5.73 Å². The quantitative estimate of drug-likeness (QED) is 0.816. The second-order valence-corrected chi connectivity index (χ2v) is 4.10. The van der Waals surface area contributed by atoms with Gasteiger partial charge in [-0.2, -0.15) is 0 Å². The number of nitrogens with two attached hydrogens (primary N) is 1. The molecule has 0 aliphatic heterocycles. The lowest BCUT2D eigenvalue weighted by atomic mass is 10.2. The third-order valence-corrected chi connectivity index (χ3v) is 2.58. The van der Waals surface area contributed by atoms with Crippen LogP contribution in [0.2, 0.25) is 0 Å². The number of hydrogen-bond acceptors (Lipinski definition) is 5. The fraction of sp³-hybridized carbons (Fsp3) is 0.417. The summed E-state index contributed by atoms with van der Waals surface area (Å²) < 4.78 is 0. The average Bonchev–Trinajstić information content (AvgIpc) is 2.36. The highest BCUT2D eigenvalue weighted by atomic mass is 15.2. The van der Waals surface area contributed by atoms with Gasteiger partial charge in [-0.05, 0) is 38.4 Å². The lowest BCUT2D eigenvalue weighted by Gasteiger charge is -2.12. The largest absolute Gasteiger partial charge is 0.350 e. The molecule has 17 heavy (non-hydrogen) atoms. The van der Waals surface area contributed by atoms with Gasteiger partial charge in [0.15, 0.2) is 0 Å². The summed E-state index contributed by atoms with van der Waals surface area (Å²) in [6.07, 6.45) is 2.00. The fourth-order valence-corrected chi connectivity index (χ4v) is 1.66. The molecule has 0 bridgehead atoms. The van der Waals surface area contributed by atoms with Crippen molar-refractivity contribution in [1.82, 2.24) is 15.2 Å². The summed E-state index contributed by atoms with van der Waals surface area (Å²) in [6.45, 7) is 2.80. The molecule has 1 aromatic heterocycles. The minimum Gasteiger partial charge on any atom is -0.350 e. The van der Waals surface area contributed by atoms with E-state index in [-0.39, 0.29) is 0 Å². The third-order valence-electron chi connectivity index (χ3n) is 2.58. The molecule has 0 saturated carbocycles. The first-order valence-electron chi connectivity index (χ1n) is 5.85. The van der Waals surface area contributed by atoms with E-state index in [1.807, 2.05) is 24.3 Å². The molecule has 0 radical (unpaired) electrons. The average molecular weight is 231 g/mol. The first kappa shape index (κ1) is 11.7. The Morgan fingerprint density at radius 2 is 2.00 bits per heavy atom. The molecule has 0 fully saturated rings. The van der Waals surface area contributed by atoms with Gasteiger partial charge in [0.05, 0.1) is 5.52 Å². The normalized spacial score (nSPS) is 12.6. The van der Waals surface area contributed by atoms with Crippen LogP contribution in [0.25, 0.3) is 11.0 Å². The first-order valence-corrected chi connectivity index (χ1v) is 5.85. The first-order chi connectivity index (χ1) is 8.29. The van der Waals surface area contributed by atoms with E-state index in [0.717, 1.165) is 23.9 Å². The summed E-state index contributed by atoms with van der Waals surface area (Å²) >= 11 is 0. The van der Waals surface area contributed by atoms with Crippen molar-refractivity contribution in [2.45, 2.75) is 25.8 Å². The predicted octanol–water partition coefficient (Wildman–Crippen LogP) is 1.56. The number of aromatic nitrogens is 3. The van der Waals surface area contributed by atoms with Gasteiger partial charge in [0, 0.05) is 6.04 Å². The topological polar surface area (TPSA) is 76.7 Å². The molecule has 3 N–H and O–H groups in total. The molecule has 0 saturated heterocycles. The van der Waals surface area contributed by atoms with E-state index in [1.165, 1.54) is 0 Å². The number of rotatable bonds is 5. The van der Waals surface area contributed by atoms with Crippen LogP contribution in [-0.4, -0.2) is 27.8 Å². The van der Waals surface area contributed by atoms with Crippen LogP contribution in [0, 0.1) is 0 Å². The Labute approximate surface area is 100 Å². The van der Waals surface area contributed by atoms with Crippen molar-refractivity contribution < 1.29 is 0 Å². The zero-order valence-electron chi connectivity index (χ0n) is 9.93. The van der Waals surface area contributed by atoms with E-state index in [9.17, 15) is 0 Å². The van der Waals surface area contributed by atoms with Crippen LogP contribution < -0.4 is 11.1 Å². The van der Waals surface area contributed by atoms with Gasteiger partial charge in [0.2, 0.25) is 5.95 Å². The molecule has 0 amide bonds. The summed E-state index contributed by atoms with van der Waals surface area (Å²) in [6, 6.07) is 8.01. The second kappa shape index (κ2) is 5.54. The Kier molecular flexibility index (Phi) is 3.82. The fourth-order valence-electron chi connectivity index (χ4n) is 1.66. The number of fused-ring (bicyclic) bond motifs is 1. The maximum Gasteiger partial charge on any atom is 0.243 e. The Morgan fingerprint density at radius 1 is 1.24 bits per heavy atom. The molecular weight excluding hydrogens is 214 g/mol. The Balaban J connectivity index is 2.08. The molecule has 2 rings (SSSR count). The molecule has 1 atom stereocenters. The van der Waals surface area contributed by atoms with Crippen LogP contribution >= 0.6 is 0 Å². The zero-order valence-corrected chi connectivity index (χ0v) is 9.93. The van der Waals surface area contributed by atoms with Gasteiger partial charge >= 0.3 is 0 Å². The van der Waals surface area contributed by atoms with Gasteiger partial charge < -0.3 is 11.1 Å². The lowest BCUT2D eigenvalue weighted by molar-refractivity contribution is 0.657. The van der Waals surface area contributed by atoms with Gasteiger partial charge in [0.25, 0.3) is 0 Å². The molecule has 0 aliphatic carbocycles. The van der Waals surface area contributed by atoms with E-state index in [0.29, 0.717) is 18.5 Å². The second-order valence-electron chi connectivity index (χ2n) is 4.10. The van der Waals surface area contributed by atoms with Crippen molar-refractivity contribution in [3.8, 4) is 0 Å². The number of para-hydroxylation sites is 1. The Morgan fingerprint density at radius 3 is 2.76 bits per heavy atom. The van der Waals surface area contributed by atoms with E-state index in [1.54, 1.807) is 0 Å². The molecule has 5 nitrogen and oxygen atoms in total. The Bertz CT molecular complexity index is 485. The highest BCUT2D eigenvalue weighted by Crippen LogP contribution is 2.10. The molecule has 1 aromatic carbocycles. The van der Waals surface area contributed by atoms with Crippen molar-refractivity contribution in [1.29, 1.82) is 0 Å². The minimum absolute atomic E-state index is 0.307. The highest BCUT2D eigenvalue weighted by Gasteiger charge is 2.05. The SMILES string of the molecule is CC(CCCN)Nc1nnc2ccccc2n1. The number of nitrogens with one attached hydrogen (secondary N) is 1. The summed E-state index contributed by atoms with van der Waals surface area (Å²) in [7, 11) is 0. The zero-order chi connectivity index (χ0) is 12.1. The molecule has 2 aromatic rings. The molecule has 1 unspecified atom stereocenters. The summed E-state index contributed by atoms with van der Waals surface area (Å²) in [5, 5.41) is 11.4. The monoisotopic (exact) mass is 231 g/mol. The van der Waals surface area contributed by atoms with Crippen molar-refractivity contribution >= 4 is 17.0 Å². The van der Waals surface area contributed by atoms with Crippen LogP contribution in [0.3, 0.4) is 0 Å². The molecule has 1 heterocycles. The smallest absolute Gasteiger partial charge is 0.243 e. The van der Waals surface area contributed by atoms with Crippen molar-refractivity contribution in [3.05, 3.63) is 24.3 Å². The van der Waals surface area contributed by atoms with Crippen LogP contribution in [0.5, 0.6) is 0 Å². The molecular formula is C12H17N5. The van der Waals surface area contributed by atoms with Gasteiger partial charge in [-0.3, -0.25) is 0 Å². The summed E-state index contributed by atoms with van der Waals surface area (Å²) in [4.78, 5) is 4.41. The maximum atomic E-state index is 5.47. The molecule has 0 aliphatic rings. The van der Waals surface area contributed by atoms with Gasteiger partial charge in [-0.1, -0.05) is 12.1 Å². The van der Waals surface area contributed by atoms with Crippen molar-refractivity contribution in [2.75, 3.05) is 11.9 Å². The van der Waals surface area contributed by atoms with Crippen LogP contribution in [0.4, 0.5) is 5.95 Å². The molecule has 5 heteroatoms. The Hall–Kier alpha value is -1.75. The minimum atomic E-state index is 0.307. The summed E-state index contributed by atoms with van der Waals surface area (Å²) in [5.74, 6) is 0.577. The maximum absolute atomic E-state index is 5.47.